The van der Waals surface area contributed by atoms with Crippen LogP contribution in [0.2, 0.25) is 0 Å². The summed E-state index contributed by atoms with van der Waals surface area (Å²) in [4.78, 5) is 2.51. The van der Waals surface area contributed by atoms with Gasteiger partial charge in [0.1, 0.15) is 0 Å². The summed E-state index contributed by atoms with van der Waals surface area (Å²) in [6.07, 6.45) is 6.07. The molecule has 0 spiro atoms. The fourth-order valence-electron chi connectivity index (χ4n) is 6.61. The van der Waals surface area contributed by atoms with E-state index in [4.69, 9.17) is 28.4 Å². The zero-order valence-corrected chi connectivity index (χ0v) is 27.8. The van der Waals surface area contributed by atoms with Crippen molar-refractivity contribution in [2.75, 3.05) is 52.7 Å². The van der Waals surface area contributed by atoms with Gasteiger partial charge in [-0.3, -0.25) is 4.90 Å². The maximum Gasteiger partial charge on any atom is 0.158 e. The number of hydrogen-bond donors (Lipinski definition) is 0. The van der Waals surface area contributed by atoms with E-state index in [0.717, 1.165) is 51.7 Å². The first-order valence-corrected chi connectivity index (χ1v) is 17.3. The third kappa shape index (κ3) is 9.71. The first-order valence-electron chi connectivity index (χ1n) is 17.3. The van der Waals surface area contributed by atoms with Gasteiger partial charge in [0.25, 0.3) is 0 Å². The fourth-order valence-corrected chi connectivity index (χ4v) is 6.61. The van der Waals surface area contributed by atoms with Crippen molar-refractivity contribution < 1.29 is 28.4 Å². The molecule has 0 radical (unpaired) electrons. The lowest BCUT2D eigenvalue weighted by atomic mass is 9.75. The average Bonchev–Trinajstić information content (AvgIpc) is 3.11. The highest BCUT2D eigenvalue weighted by Gasteiger charge is 2.41. The van der Waals surface area contributed by atoms with Gasteiger partial charge in [-0.2, -0.15) is 0 Å². The minimum absolute atomic E-state index is 0.0448. The van der Waals surface area contributed by atoms with Crippen LogP contribution in [0.15, 0.2) is 91.0 Å². The lowest BCUT2D eigenvalue weighted by molar-refractivity contribution is -0.194. The third-order valence-electron chi connectivity index (χ3n) is 8.81. The van der Waals surface area contributed by atoms with Crippen LogP contribution in [0.4, 0.5) is 0 Å². The number of ether oxygens (including phenoxy) is 6. The van der Waals surface area contributed by atoms with Crippen molar-refractivity contribution in [2.45, 2.75) is 82.7 Å². The first-order chi connectivity index (χ1) is 22.7. The Bertz CT molecular complexity index is 1090. The molecule has 46 heavy (non-hydrogen) atoms. The fraction of sp³-hybridized carbons (Fsp3) is 0.538. The Hall–Kier alpha value is -2.62. The van der Waals surface area contributed by atoms with E-state index >= 15 is 0 Å². The predicted molar refractivity (Wildman–Crippen MR) is 181 cm³/mol. The van der Waals surface area contributed by atoms with E-state index in [1.807, 2.05) is 0 Å². The molecule has 2 heterocycles. The molecule has 7 nitrogen and oxygen atoms in total. The molecule has 5 rings (SSSR count). The summed E-state index contributed by atoms with van der Waals surface area (Å²) < 4.78 is 36.4. The van der Waals surface area contributed by atoms with E-state index in [2.05, 4.69) is 110 Å². The molecule has 3 aromatic carbocycles. The molecule has 0 aliphatic carbocycles. The van der Waals surface area contributed by atoms with Crippen LogP contribution >= 0.6 is 0 Å². The van der Waals surface area contributed by atoms with Gasteiger partial charge in [0.2, 0.25) is 0 Å². The molecular formula is C39H53NO6. The van der Waals surface area contributed by atoms with E-state index in [9.17, 15) is 0 Å². The summed E-state index contributed by atoms with van der Waals surface area (Å²) in [5.74, 6) is 0. The lowest BCUT2D eigenvalue weighted by Crippen LogP contribution is -2.51. The standard InChI is InChI=1S/C39H53NO6/c1-32(45-37-22-12-14-26-43-37)30-41-28-24-40(25-29-42-31-33(2)46-38-23-13-15-27-44-38)39(34-16-6-3-7-17-34,35-18-8-4-9-19-35)36-20-10-5-11-21-36/h3-11,16-21,32-33,37-38H,12-15,22-31H2,1-2H3/t32-,33-,37?,38?/m0/s1. The molecule has 2 aliphatic rings. The highest BCUT2D eigenvalue weighted by molar-refractivity contribution is 5.49. The van der Waals surface area contributed by atoms with Crippen molar-refractivity contribution in [3.05, 3.63) is 108 Å². The van der Waals surface area contributed by atoms with Crippen LogP contribution < -0.4 is 0 Å². The monoisotopic (exact) mass is 631 g/mol. The van der Waals surface area contributed by atoms with Crippen LogP contribution in [-0.2, 0) is 34.0 Å². The van der Waals surface area contributed by atoms with Gasteiger partial charge in [0.05, 0.1) is 44.2 Å². The maximum absolute atomic E-state index is 6.30. The Morgan fingerprint density at radius 2 is 1.00 bits per heavy atom. The smallest absolute Gasteiger partial charge is 0.158 e. The summed E-state index contributed by atoms with van der Waals surface area (Å²) in [7, 11) is 0. The van der Waals surface area contributed by atoms with Gasteiger partial charge < -0.3 is 28.4 Å². The van der Waals surface area contributed by atoms with Gasteiger partial charge >= 0.3 is 0 Å². The van der Waals surface area contributed by atoms with Gasteiger partial charge in [-0.05, 0) is 69.1 Å². The zero-order chi connectivity index (χ0) is 31.9. The zero-order valence-electron chi connectivity index (χ0n) is 27.8. The molecule has 0 saturated carbocycles. The molecule has 2 aliphatic heterocycles. The number of benzene rings is 3. The van der Waals surface area contributed by atoms with Crippen LogP contribution in [-0.4, -0.2) is 82.4 Å². The average molecular weight is 632 g/mol. The van der Waals surface area contributed by atoms with Crippen molar-refractivity contribution in [3.8, 4) is 0 Å². The summed E-state index contributed by atoms with van der Waals surface area (Å²) >= 11 is 0. The second kappa shape index (κ2) is 18.6. The third-order valence-corrected chi connectivity index (χ3v) is 8.81. The molecule has 2 unspecified atom stereocenters. The topological polar surface area (TPSA) is 58.6 Å². The van der Waals surface area contributed by atoms with Crippen molar-refractivity contribution >= 4 is 0 Å². The van der Waals surface area contributed by atoms with Crippen LogP contribution in [0.25, 0.3) is 0 Å². The minimum Gasteiger partial charge on any atom is -0.377 e. The van der Waals surface area contributed by atoms with Crippen molar-refractivity contribution in [3.63, 3.8) is 0 Å². The molecule has 250 valence electrons. The number of rotatable bonds is 18. The van der Waals surface area contributed by atoms with Gasteiger partial charge in [0, 0.05) is 26.3 Å². The molecule has 3 aromatic rings. The molecule has 2 fully saturated rings. The van der Waals surface area contributed by atoms with Crippen molar-refractivity contribution in [2.24, 2.45) is 0 Å². The summed E-state index contributed by atoms with van der Waals surface area (Å²) in [5, 5.41) is 0. The van der Waals surface area contributed by atoms with E-state index < -0.39 is 5.54 Å². The minimum atomic E-state index is -0.563. The summed E-state index contributed by atoms with van der Waals surface area (Å²) in [6, 6.07) is 32.4. The molecule has 0 bridgehead atoms. The Morgan fingerprint density at radius 3 is 1.35 bits per heavy atom. The largest absolute Gasteiger partial charge is 0.377 e. The Labute approximate surface area is 276 Å². The van der Waals surface area contributed by atoms with Crippen LogP contribution in [0.3, 0.4) is 0 Å². The first kappa shape index (κ1) is 34.7. The van der Waals surface area contributed by atoms with Crippen molar-refractivity contribution in [1.82, 2.24) is 4.90 Å². The molecule has 0 aromatic heterocycles. The molecule has 0 amide bonds. The second-order valence-corrected chi connectivity index (χ2v) is 12.4. The number of hydrogen-bond acceptors (Lipinski definition) is 7. The molecule has 4 atom stereocenters. The van der Waals surface area contributed by atoms with Crippen LogP contribution in [0.1, 0.15) is 69.1 Å². The van der Waals surface area contributed by atoms with E-state index in [0.29, 0.717) is 39.5 Å². The normalized spacial score (nSPS) is 20.4. The molecular weight excluding hydrogens is 578 g/mol. The Morgan fingerprint density at radius 1 is 0.609 bits per heavy atom. The van der Waals surface area contributed by atoms with Gasteiger partial charge in [0.15, 0.2) is 12.6 Å². The highest BCUT2D eigenvalue weighted by atomic mass is 16.7. The van der Waals surface area contributed by atoms with Crippen LogP contribution in [0, 0.1) is 0 Å². The summed E-state index contributed by atoms with van der Waals surface area (Å²) in [6.45, 7) is 9.17. The van der Waals surface area contributed by atoms with E-state index in [1.165, 1.54) is 16.7 Å². The Kier molecular flexibility index (Phi) is 14.1. The predicted octanol–water partition coefficient (Wildman–Crippen LogP) is 7.18. The SMILES string of the molecule is C[C@@H](COCCN(CCOC[C@H](C)OC1CCCCO1)C(c1ccccc1)(c1ccccc1)c1ccccc1)OC1CCCCO1. The lowest BCUT2D eigenvalue weighted by Gasteiger charge is -2.46. The van der Waals surface area contributed by atoms with Gasteiger partial charge in [-0.25, -0.2) is 0 Å². The maximum atomic E-state index is 6.30. The van der Waals surface area contributed by atoms with Gasteiger partial charge in [-0.15, -0.1) is 0 Å². The van der Waals surface area contributed by atoms with Crippen LogP contribution in [0.5, 0.6) is 0 Å². The Balaban J connectivity index is 1.34. The molecule has 7 heteroatoms. The van der Waals surface area contributed by atoms with E-state index in [-0.39, 0.29) is 24.8 Å². The van der Waals surface area contributed by atoms with Crippen molar-refractivity contribution in [1.29, 1.82) is 0 Å². The molecule has 0 N–H and O–H groups in total. The molecule has 2 saturated heterocycles. The second-order valence-electron chi connectivity index (χ2n) is 12.4. The summed E-state index contributed by atoms with van der Waals surface area (Å²) in [5.41, 5.74) is 3.03. The quantitative estimate of drug-likeness (QED) is 0.109. The highest BCUT2D eigenvalue weighted by Crippen LogP contribution is 2.42. The van der Waals surface area contributed by atoms with E-state index in [1.54, 1.807) is 0 Å². The number of nitrogens with zero attached hydrogens (tertiary/aromatic N) is 1. The van der Waals surface area contributed by atoms with Gasteiger partial charge in [-0.1, -0.05) is 91.0 Å².